The number of nitrogens with one attached hydrogen (secondary N) is 1. The van der Waals surface area contributed by atoms with Crippen molar-refractivity contribution in [2.75, 3.05) is 6.54 Å². The largest absolute Gasteiger partial charge is 0.434 e. The van der Waals surface area contributed by atoms with E-state index in [-0.39, 0.29) is 11.8 Å². The van der Waals surface area contributed by atoms with E-state index < -0.39 is 6.61 Å². The molecule has 1 aromatic carbocycles. The molecule has 0 aliphatic carbocycles. The second-order valence-corrected chi connectivity index (χ2v) is 5.28. The third kappa shape index (κ3) is 3.52. The number of ether oxygens (including phenoxy) is 1. The number of aromatic nitrogens is 1. The zero-order valence-electron chi connectivity index (χ0n) is 11.3. The molecule has 1 heterocycles. The number of hydrogen-bond acceptors (Lipinski definition) is 4. The third-order valence-electron chi connectivity index (χ3n) is 2.79. The van der Waals surface area contributed by atoms with Crippen molar-refractivity contribution in [3.63, 3.8) is 0 Å². The fourth-order valence-electron chi connectivity index (χ4n) is 1.86. The highest BCUT2D eigenvalue weighted by Gasteiger charge is 2.15. The van der Waals surface area contributed by atoms with E-state index in [0.717, 1.165) is 11.4 Å². The van der Waals surface area contributed by atoms with Gasteiger partial charge in [-0.15, -0.1) is 11.3 Å². The molecule has 6 heteroatoms. The Morgan fingerprint density at radius 3 is 2.80 bits per heavy atom. The highest BCUT2D eigenvalue weighted by Crippen LogP contribution is 2.35. The summed E-state index contributed by atoms with van der Waals surface area (Å²) in [5.74, 6) is 0.152. The molecule has 0 aliphatic rings. The van der Waals surface area contributed by atoms with Gasteiger partial charge in [0.1, 0.15) is 10.8 Å². The predicted octanol–water partition coefficient (Wildman–Crippen LogP) is 4.08. The highest BCUT2D eigenvalue weighted by atomic mass is 32.1. The van der Waals surface area contributed by atoms with Gasteiger partial charge in [0.15, 0.2) is 0 Å². The van der Waals surface area contributed by atoms with Crippen LogP contribution >= 0.6 is 11.3 Å². The van der Waals surface area contributed by atoms with Gasteiger partial charge in [-0.1, -0.05) is 19.1 Å². The minimum Gasteiger partial charge on any atom is -0.434 e. The van der Waals surface area contributed by atoms with Crippen LogP contribution in [0, 0.1) is 0 Å². The number of benzene rings is 1. The van der Waals surface area contributed by atoms with Crippen molar-refractivity contribution in [3.05, 3.63) is 35.3 Å². The topological polar surface area (TPSA) is 34.2 Å². The molecule has 0 aliphatic heterocycles. The van der Waals surface area contributed by atoms with Gasteiger partial charge in [0.2, 0.25) is 0 Å². The van der Waals surface area contributed by atoms with Gasteiger partial charge >= 0.3 is 6.61 Å². The van der Waals surface area contributed by atoms with E-state index in [2.05, 4.69) is 15.0 Å². The quantitative estimate of drug-likeness (QED) is 0.872. The molecular formula is C14H16F2N2OS. The Kier molecular flexibility index (Phi) is 5.03. The lowest BCUT2D eigenvalue weighted by Crippen LogP contribution is -2.16. The Bertz CT molecular complexity index is 560. The number of rotatable bonds is 6. The maximum absolute atomic E-state index is 12.4. The van der Waals surface area contributed by atoms with Crippen LogP contribution in [0.15, 0.2) is 30.5 Å². The predicted molar refractivity (Wildman–Crippen MR) is 76.3 cm³/mol. The summed E-state index contributed by atoms with van der Waals surface area (Å²) in [5.41, 5.74) is 0.591. The zero-order valence-corrected chi connectivity index (χ0v) is 12.1. The van der Waals surface area contributed by atoms with Crippen molar-refractivity contribution in [2.45, 2.75) is 26.5 Å². The fraction of sp³-hybridized carbons (Fsp3) is 0.357. The smallest absolute Gasteiger partial charge is 0.387 e. The van der Waals surface area contributed by atoms with Crippen molar-refractivity contribution in [2.24, 2.45) is 0 Å². The fourth-order valence-corrected chi connectivity index (χ4v) is 2.83. The van der Waals surface area contributed by atoms with E-state index in [1.807, 2.05) is 13.8 Å². The first-order valence-corrected chi connectivity index (χ1v) is 7.16. The Morgan fingerprint density at radius 2 is 2.10 bits per heavy atom. The molecule has 0 amide bonds. The summed E-state index contributed by atoms with van der Waals surface area (Å²) < 4.78 is 29.3. The van der Waals surface area contributed by atoms with Gasteiger partial charge in [-0.25, -0.2) is 4.98 Å². The van der Waals surface area contributed by atoms with Crippen LogP contribution in [-0.4, -0.2) is 18.1 Å². The number of para-hydroxylation sites is 1. The molecule has 1 aromatic heterocycles. The van der Waals surface area contributed by atoms with Gasteiger partial charge < -0.3 is 10.1 Å². The maximum atomic E-state index is 12.4. The van der Waals surface area contributed by atoms with Crippen LogP contribution in [0.2, 0.25) is 0 Å². The average Bonchev–Trinajstić information content (AvgIpc) is 2.88. The minimum atomic E-state index is -2.84. The van der Waals surface area contributed by atoms with Crippen molar-refractivity contribution < 1.29 is 13.5 Å². The molecule has 108 valence electrons. The molecule has 1 atom stereocenters. The molecule has 0 saturated carbocycles. The SMILES string of the molecule is CCNC(C)c1cnc(-c2ccccc2OC(F)F)s1. The second-order valence-electron chi connectivity index (χ2n) is 4.22. The van der Waals surface area contributed by atoms with Crippen LogP contribution in [0.4, 0.5) is 8.78 Å². The zero-order chi connectivity index (χ0) is 14.5. The first-order chi connectivity index (χ1) is 9.61. The van der Waals surface area contributed by atoms with Crippen LogP contribution in [0.25, 0.3) is 10.6 Å². The minimum absolute atomic E-state index is 0.152. The molecule has 0 radical (unpaired) electrons. The highest BCUT2D eigenvalue weighted by molar-refractivity contribution is 7.15. The van der Waals surface area contributed by atoms with E-state index in [4.69, 9.17) is 0 Å². The summed E-state index contributed by atoms with van der Waals surface area (Å²) in [5, 5.41) is 3.97. The molecule has 0 fully saturated rings. The normalized spacial score (nSPS) is 12.7. The molecule has 0 bridgehead atoms. The summed E-state index contributed by atoms with van der Waals surface area (Å²) in [6, 6.07) is 6.89. The first-order valence-electron chi connectivity index (χ1n) is 6.35. The van der Waals surface area contributed by atoms with Crippen molar-refractivity contribution >= 4 is 11.3 Å². The average molecular weight is 298 g/mol. The first kappa shape index (κ1) is 14.9. The van der Waals surface area contributed by atoms with Crippen LogP contribution in [0.5, 0.6) is 5.75 Å². The van der Waals surface area contributed by atoms with E-state index in [0.29, 0.717) is 10.6 Å². The number of hydrogen-bond donors (Lipinski definition) is 1. The molecule has 0 saturated heterocycles. The summed E-state index contributed by atoms with van der Waals surface area (Å²) in [4.78, 5) is 5.37. The van der Waals surface area contributed by atoms with Crippen molar-refractivity contribution in [3.8, 4) is 16.3 Å². The van der Waals surface area contributed by atoms with Crippen molar-refractivity contribution in [1.29, 1.82) is 0 Å². The number of nitrogens with zero attached hydrogens (tertiary/aromatic N) is 1. The van der Waals surface area contributed by atoms with E-state index in [1.54, 1.807) is 24.4 Å². The lowest BCUT2D eigenvalue weighted by molar-refractivity contribution is -0.0494. The molecule has 2 rings (SSSR count). The lowest BCUT2D eigenvalue weighted by Gasteiger charge is -2.09. The molecule has 0 spiro atoms. The Balaban J connectivity index is 2.28. The molecule has 2 aromatic rings. The number of thiazole rings is 1. The Morgan fingerprint density at radius 1 is 1.35 bits per heavy atom. The van der Waals surface area contributed by atoms with Gasteiger partial charge in [-0.05, 0) is 25.6 Å². The molecule has 3 nitrogen and oxygen atoms in total. The second kappa shape index (κ2) is 6.76. The van der Waals surface area contributed by atoms with Crippen LogP contribution in [0.3, 0.4) is 0 Å². The third-order valence-corrected chi connectivity index (χ3v) is 4.01. The Labute approximate surface area is 120 Å². The molecule has 1 unspecified atom stereocenters. The van der Waals surface area contributed by atoms with Gasteiger partial charge in [0.05, 0.1) is 5.56 Å². The monoisotopic (exact) mass is 298 g/mol. The standard InChI is InChI=1S/C14H16F2N2OS/c1-3-17-9(2)12-8-18-13(20-12)10-6-4-5-7-11(10)19-14(15)16/h4-9,14,17H,3H2,1-2H3. The van der Waals surface area contributed by atoms with Gasteiger partial charge in [0, 0.05) is 17.1 Å². The molecular weight excluding hydrogens is 282 g/mol. The maximum Gasteiger partial charge on any atom is 0.387 e. The van der Waals surface area contributed by atoms with Gasteiger partial charge in [-0.2, -0.15) is 8.78 Å². The summed E-state index contributed by atoms with van der Waals surface area (Å²) in [7, 11) is 0. The summed E-state index contributed by atoms with van der Waals surface area (Å²) >= 11 is 1.48. The van der Waals surface area contributed by atoms with Gasteiger partial charge in [0.25, 0.3) is 0 Å². The van der Waals surface area contributed by atoms with E-state index >= 15 is 0 Å². The number of halogens is 2. The van der Waals surface area contributed by atoms with Gasteiger partial charge in [-0.3, -0.25) is 0 Å². The lowest BCUT2D eigenvalue weighted by atomic mass is 10.2. The van der Waals surface area contributed by atoms with Crippen molar-refractivity contribution in [1.82, 2.24) is 10.3 Å². The molecule has 1 N–H and O–H groups in total. The van der Waals surface area contributed by atoms with Crippen LogP contribution < -0.4 is 10.1 Å². The molecule has 20 heavy (non-hydrogen) atoms. The van der Waals surface area contributed by atoms with E-state index in [1.165, 1.54) is 17.4 Å². The summed E-state index contributed by atoms with van der Waals surface area (Å²) in [6.45, 7) is 2.10. The number of alkyl halides is 2. The Hall–Kier alpha value is -1.53. The summed E-state index contributed by atoms with van der Waals surface area (Å²) in [6.07, 6.45) is 1.77. The van der Waals surface area contributed by atoms with Crippen LogP contribution in [-0.2, 0) is 0 Å². The van der Waals surface area contributed by atoms with Crippen LogP contribution in [0.1, 0.15) is 24.8 Å². The van der Waals surface area contributed by atoms with E-state index in [9.17, 15) is 8.78 Å².